The number of ether oxygens (including phenoxy) is 1. The maximum Gasteiger partial charge on any atom is 0.312 e. The molecule has 0 aliphatic carbocycles. The van der Waals surface area contributed by atoms with E-state index in [1.54, 1.807) is 12.1 Å². The van der Waals surface area contributed by atoms with Crippen LogP contribution >= 0.6 is 11.6 Å². The molecule has 0 spiro atoms. The van der Waals surface area contributed by atoms with E-state index in [4.69, 9.17) is 20.9 Å². The van der Waals surface area contributed by atoms with E-state index in [-0.39, 0.29) is 13.0 Å². The van der Waals surface area contributed by atoms with Crippen molar-refractivity contribution in [3.63, 3.8) is 0 Å². The summed E-state index contributed by atoms with van der Waals surface area (Å²) in [5.41, 5.74) is 1.87. The molecule has 0 aliphatic heterocycles. The highest BCUT2D eigenvalue weighted by Gasteiger charge is 2.20. The Balaban J connectivity index is 1.53. The van der Waals surface area contributed by atoms with Crippen LogP contribution in [0.4, 0.5) is 0 Å². The highest BCUT2D eigenvalue weighted by atomic mass is 35.5. The maximum absolute atomic E-state index is 12.1. The number of amides is 1. The van der Waals surface area contributed by atoms with Gasteiger partial charge in [-0.15, -0.1) is 0 Å². The number of nitrogens with one attached hydrogen (secondary N) is 1. The zero-order valence-corrected chi connectivity index (χ0v) is 14.8. The molecule has 0 fully saturated rings. The standard InChI is InChI=1S/C19H17ClN2O4/c1-12(19(24)21-11-13-6-2-4-8-15(13)20)25-18(23)10-16-14-7-3-5-9-17(14)26-22-16/h2-9,12H,10-11H2,1H3,(H,21,24)/t12-/m0/s1. The number of hydrogen-bond acceptors (Lipinski definition) is 5. The van der Waals surface area contributed by atoms with Gasteiger partial charge < -0.3 is 14.6 Å². The van der Waals surface area contributed by atoms with Crippen LogP contribution < -0.4 is 5.32 Å². The molecule has 1 atom stereocenters. The molecule has 2 aromatic carbocycles. The summed E-state index contributed by atoms with van der Waals surface area (Å²) in [4.78, 5) is 24.2. The number of hydrogen-bond donors (Lipinski definition) is 1. The fourth-order valence-electron chi connectivity index (χ4n) is 2.46. The Morgan fingerprint density at radius 3 is 2.73 bits per heavy atom. The van der Waals surface area contributed by atoms with Crippen molar-refractivity contribution < 1.29 is 18.8 Å². The van der Waals surface area contributed by atoms with E-state index >= 15 is 0 Å². The molecule has 0 aliphatic rings. The lowest BCUT2D eigenvalue weighted by Gasteiger charge is -2.13. The highest BCUT2D eigenvalue weighted by Crippen LogP contribution is 2.18. The zero-order chi connectivity index (χ0) is 18.5. The second-order valence-electron chi connectivity index (χ2n) is 5.74. The van der Waals surface area contributed by atoms with Gasteiger partial charge in [0.15, 0.2) is 11.7 Å². The van der Waals surface area contributed by atoms with E-state index in [0.717, 1.165) is 10.9 Å². The van der Waals surface area contributed by atoms with Gasteiger partial charge in [-0.2, -0.15) is 0 Å². The van der Waals surface area contributed by atoms with Crippen molar-refractivity contribution in [2.24, 2.45) is 0 Å². The Hall–Kier alpha value is -2.86. The van der Waals surface area contributed by atoms with E-state index in [1.807, 2.05) is 36.4 Å². The highest BCUT2D eigenvalue weighted by molar-refractivity contribution is 6.31. The van der Waals surface area contributed by atoms with Crippen molar-refractivity contribution in [3.05, 3.63) is 64.8 Å². The van der Waals surface area contributed by atoms with Gasteiger partial charge in [0.25, 0.3) is 5.91 Å². The quantitative estimate of drug-likeness (QED) is 0.671. The molecule has 1 N–H and O–H groups in total. The molecule has 0 saturated carbocycles. The van der Waals surface area contributed by atoms with Crippen LogP contribution in [0.1, 0.15) is 18.2 Å². The van der Waals surface area contributed by atoms with Gasteiger partial charge in [0, 0.05) is 17.0 Å². The summed E-state index contributed by atoms with van der Waals surface area (Å²) >= 11 is 6.05. The Kier molecular flexibility index (Phi) is 5.53. The molecular formula is C19H17ClN2O4. The number of nitrogens with zero attached hydrogens (tertiary/aromatic N) is 1. The number of rotatable bonds is 6. The van der Waals surface area contributed by atoms with E-state index in [9.17, 15) is 9.59 Å². The van der Waals surface area contributed by atoms with Crippen molar-refractivity contribution in [1.82, 2.24) is 10.5 Å². The predicted octanol–water partition coefficient (Wildman–Crippen LogP) is 3.27. The van der Waals surface area contributed by atoms with Gasteiger partial charge in [0.05, 0.1) is 6.42 Å². The summed E-state index contributed by atoms with van der Waals surface area (Å²) in [7, 11) is 0. The fourth-order valence-corrected chi connectivity index (χ4v) is 2.67. The summed E-state index contributed by atoms with van der Waals surface area (Å²) in [6.07, 6.45) is -0.998. The number of esters is 1. The number of fused-ring (bicyclic) bond motifs is 1. The van der Waals surface area contributed by atoms with Crippen molar-refractivity contribution in [3.8, 4) is 0 Å². The lowest BCUT2D eigenvalue weighted by atomic mass is 10.2. The van der Waals surface area contributed by atoms with Crippen LogP contribution in [0, 0.1) is 0 Å². The predicted molar refractivity (Wildman–Crippen MR) is 96.6 cm³/mol. The van der Waals surface area contributed by atoms with Gasteiger partial charge in [0.2, 0.25) is 0 Å². The molecule has 1 heterocycles. The first-order valence-corrected chi connectivity index (χ1v) is 8.46. The maximum atomic E-state index is 12.1. The van der Waals surface area contributed by atoms with Crippen LogP contribution in [0.25, 0.3) is 11.0 Å². The number of para-hydroxylation sites is 1. The van der Waals surface area contributed by atoms with Crippen LogP contribution in [-0.2, 0) is 27.3 Å². The van der Waals surface area contributed by atoms with Crippen LogP contribution in [-0.4, -0.2) is 23.1 Å². The molecule has 26 heavy (non-hydrogen) atoms. The number of aromatic nitrogens is 1. The van der Waals surface area contributed by atoms with Crippen molar-refractivity contribution >= 4 is 34.4 Å². The number of carbonyl (C=O) groups excluding carboxylic acids is 2. The normalized spacial score (nSPS) is 11.9. The van der Waals surface area contributed by atoms with Gasteiger partial charge >= 0.3 is 5.97 Å². The van der Waals surface area contributed by atoms with Crippen molar-refractivity contribution in [2.45, 2.75) is 26.0 Å². The third-order valence-corrected chi connectivity index (χ3v) is 4.22. The number of halogens is 1. The molecule has 7 heteroatoms. The molecule has 3 rings (SSSR count). The summed E-state index contributed by atoms with van der Waals surface area (Å²) in [6.45, 7) is 1.77. The van der Waals surface area contributed by atoms with E-state index in [0.29, 0.717) is 16.3 Å². The molecule has 0 saturated heterocycles. The molecule has 3 aromatic rings. The van der Waals surface area contributed by atoms with Gasteiger partial charge in [-0.05, 0) is 30.7 Å². The van der Waals surface area contributed by atoms with Gasteiger partial charge in [0.1, 0.15) is 5.69 Å². The van der Waals surface area contributed by atoms with E-state index < -0.39 is 18.0 Å². The second-order valence-corrected chi connectivity index (χ2v) is 6.15. The lowest BCUT2D eigenvalue weighted by Crippen LogP contribution is -2.35. The van der Waals surface area contributed by atoms with Crippen molar-refractivity contribution in [2.75, 3.05) is 0 Å². The summed E-state index contributed by atoms with van der Waals surface area (Å²) in [5, 5.41) is 7.90. The molecule has 6 nitrogen and oxygen atoms in total. The Morgan fingerprint density at radius 1 is 1.19 bits per heavy atom. The molecule has 1 amide bonds. The number of benzene rings is 2. The third-order valence-electron chi connectivity index (χ3n) is 3.85. The molecule has 1 aromatic heterocycles. The minimum absolute atomic E-state index is 0.0703. The lowest BCUT2D eigenvalue weighted by molar-refractivity contribution is -0.154. The Morgan fingerprint density at radius 2 is 1.92 bits per heavy atom. The SMILES string of the molecule is C[C@H](OC(=O)Cc1noc2ccccc12)C(=O)NCc1ccccc1Cl. The van der Waals surface area contributed by atoms with E-state index in [1.165, 1.54) is 6.92 Å². The summed E-state index contributed by atoms with van der Waals surface area (Å²) < 4.78 is 10.3. The zero-order valence-electron chi connectivity index (χ0n) is 14.1. The Bertz CT molecular complexity index is 938. The second kappa shape index (κ2) is 8.01. The minimum Gasteiger partial charge on any atom is -0.452 e. The van der Waals surface area contributed by atoms with Gasteiger partial charge in [-0.1, -0.05) is 47.1 Å². The summed E-state index contributed by atoms with van der Waals surface area (Å²) in [6, 6.07) is 14.4. The molecule has 0 unspecified atom stereocenters. The first kappa shape index (κ1) is 17.9. The molecule has 0 bridgehead atoms. The topological polar surface area (TPSA) is 81.4 Å². The van der Waals surface area contributed by atoms with Crippen LogP contribution in [0.5, 0.6) is 0 Å². The van der Waals surface area contributed by atoms with Crippen LogP contribution in [0.2, 0.25) is 5.02 Å². The summed E-state index contributed by atoms with van der Waals surface area (Å²) in [5.74, 6) is -0.951. The van der Waals surface area contributed by atoms with Crippen molar-refractivity contribution in [1.29, 1.82) is 0 Å². The molecule has 0 radical (unpaired) electrons. The van der Waals surface area contributed by atoms with Gasteiger partial charge in [-0.25, -0.2) is 0 Å². The molecular weight excluding hydrogens is 356 g/mol. The average molecular weight is 373 g/mol. The van der Waals surface area contributed by atoms with E-state index in [2.05, 4.69) is 10.5 Å². The number of carbonyl (C=O) groups is 2. The largest absolute Gasteiger partial charge is 0.452 e. The Labute approximate surface area is 155 Å². The fraction of sp³-hybridized carbons (Fsp3) is 0.211. The minimum atomic E-state index is -0.928. The van der Waals surface area contributed by atoms with Crippen LogP contribution in [0.3, 0.4) is 0 Å². The smallest absolute Gasteiger partial charge is 0.312 e. The average Bonchev–Trinajstić information content (AvgIpc) is 3.03. The first-order chi connectivity index (χ1) is 12.5. The monoisotopic (exact) mass is 372 g/mol. The first-order valence-electron chi connectivity index (χ1n) is 8.08. The van der Waals surface area contributed by atoms with Crippen LogP contribution in [0.15, 0.2) is 53.1 Å². The third kappa shape index (κ3) is 4.21. The van der Waals surface area contributed by atoms with Gasteiger partial charge in [-0.3, -0.25) is 9.59 Å². The molecule has 134 valence electrons.